The molecule has 1 N–H and O–H groups in total. The van der Waals surface area contributed by atoms with Gasteiger partial charge in [-0.25, -0.2) is 0 Å². The first-order chi connectivity index (χ1) is 9.24. The summed E-state index contributed by atoms with van der Waals surface area (Å²) in [6.45, 7) is 2.63. The van der Waals surface area contributed by atoms with Gasteiger partial charge in [0.2, 0.25) is 0 Å². The monoisotopic (exact) mass is 315 g/mol. The molecule has 0 fully saturated rings. The van der Waals surface area contributed by atoms with E-state index >= 15 is 0 Å². The third-order valence-electron chi connectivity index (χ3n) is 3.07. The Bertz CT molecular complexity index is 703. The number of benzene rings is 2. The Labute approximate surface area is 120 Å². The van der Waals surface area contributed by atoms with E-state index in [2.05, 4.69) is 39.1 Å². The van der Waals surface area contributed by atoms with Crippen LogP contribution in [0.2, 0.25) is 0 Å². The van der Waals surface area contributed by atoms with E-state index in [4.69, 9.17) is 4.74 Å². The average Bonchev–Trinajstić information content (AvgIpc) is 2.82. The van der Waals surface area contributed by atoms with Gasteiger partial charge in [0.05, 0.1) is 5.52 Å². The second-order valence-corrected chi connectivity index (χ2v) is 5.42. The lowest BCUT2D eigenvalue weighted by atomic mass is 10.2. The number of aromatic amines is 1. The van der Waals surface area contributed by atoms with Gasteiger partial charge in [-0.1, -0.05) is 30.3 Å². The Kier molecular flexibility index (Phi) is 3.30. The van der Waals surface area contributed by atoms with E-state index in [0.717, 1.165) is 26.8 Å². The van der Waals surface area contributed by atoms with Crippen molar-refractivity contribution >= 4 is 26.8 Å². The van der Waals surface area contributed by atoms with Crippen molar-refractivity contribution in [1.82, 2.24) is 4.98 Å². The normalized spacial score (nSPS) is 10.8. The smallest absolute Gasteiger partial charge is 0.129 e. The maximum Gasteiger partial charge on any atom is 0.129 e. The van der Waals surface area contributed by atoms with Crippen molar-refractivity contribution in [3.8, 4) is 5.75 Å². The van der Waals surface area contributed by atoms with Gasteiger partial charge in [-0.05, 0) is 46.6 Å². The Morgan fingerprint density at radius 3 is 2.68 bits per heavy atom. The van der Waals surface area contributed by atoms with Crippen LogP contribution in [0.4, 0.5) is 0 Å². The molecular formula is C16H14BrNO. The van der Waals surface area contributed by atoms with E-state index in [1.807, 2.05) is 37.3 Å². The molecule has 0 saturated carbocycles. The number of rotatable bonds is 3. The minimum Gasteiger partial charge on any atom is -0.488 e. The molecular weight excluding hydrogens is 302 g/mol. The van der Waals surface area contributed by atoms with Gasteiger partial charge in [-0.15, -0.1) is 0 Å². The maximum atomic E-state index is 5.93. The summed E-state index contributed by atoms with van der Waals surface area (Å²) in [6.07, 6.45) is 0. The minimum atomic E-state index is 0.585. The summed E-state index contributed by atoms with van der Waals surface area (Å²) in [5, 5.41) is 1.11. The van der Waals surface area contributed by atoms with Gasteiger partial charge in [-0.3, -0.25) is 0 Å². The first-order valence-corrected chi connectivity index (χ1v) is 6.98. The molecule has 0 saturated heterocycles. The summed E-state index contributed by atoms with van der Waals surface area (Å²) in [6, 6.07) is 16.3. The van der Waals surface area contributed by atoms with Gasteiger partial charge >= 0.3 is 0 Å². The molecule has 1 aromatic heterocycles. The van der Waals surface area contributed by atoms with E-state index in [0.29, 0.717) is 6.61 Å². The van der Waals surface area contributed by atoms with Crippen molar-refractivity contribution < 1.29 is 4.74 Å². The molecule has 96 valence electrons. The van der Waals surface area contributed by atoms with Gasteiger partial charge in [0, 0.05) is 15.6 Å². The Balaban J connectivity index is 1.91. The van der Waals surface area contributed by atoms with Gasteiger partial charge in [0.15, 0.2) is 0 Å². The lowest BCUT2D eigenvalue weighted by Gasteiger charge is -2.08. The van der Waals surface area contributed by atoms with Crippen LogP contribution in [-0.4, -0.2) is 4.98 Å². The molecule has 0 atom stereocenters. The molecule has 1 heterocycles. The highest BCUT2D eigenvalue weighted by Gasteiger charge is 2.08. The largest absolute Gasteiger partial charge is 0.488 e. The molecule has 3 rings (SSSR count). The third kappa shape index (κ3) is 2.51. The summed E-state index contributed by atoms with van der Waals surface area (Å²) < 4.78 is 6.99. The number of H-pyrrole nitrogens is 1. The number of halogens is 1. The SMILES string of the molecule is Cc1cc2c(OCc3ccccc3)ccc(Br)c2[nH]1. The van der Waals surface area contributed by atoms with Crippen LogP contribution in [0, 0.1) is 6.92 Å². The van der Waals surface area contributed by atoms with E-state index in [1.165, 1.54) is 5.56 Å². The number of aromatic nitrogens is 1. The van der Waals surface area contributed by atoms with Crippen molar-refractivity contribution in [3.05, 3.63) is 64.3 Å². The molecule has 0 aliphatic heterocycles. The summed E-state index contributed by atoms with van der Waals surface area (Å²) in [7, 11) is 0. The van der Waals surface area contributed by atoms with Crippen molar-refractivity contribution in [2.45, 2.75) is 13.5 Å². The van der Waals surface area contributed by atoms with E-state index in [1.54, 1.807) is 0 Å². The summed E-state index contributed by atoms with van der Waals surface area (Å²) in [5.41, 5.74) is 3.39. The minimum absolute atomic E-state index is 0.585. The van der Waals surface area contributed by atoms with Gasteiger partial charge < -0.3 is 9.72 Å². The van der Waals surface area contributed by atoms with Crippen LogP contribution in [-0.2, 0) is 6.61 Å². The topological polar surface area (TPSA) is 25.0 Å². The molecule has 0 unspecified atom stereocenters. The van der Waals surface area contributed by atoms with Crippen LogP contribution in [0.5, 0.6) is 5.75 Å². The van der Waals surface area contributed by atoms with Crippen LogP contribution in [0.25, 0.3) is 10.9 Å². The average molecular weight is 316 g/mol. The van der Waals surface area contributed by atoms with Crippen molar-refractivity contribution in [1.29, 1.82) is 0 Å². The zero-order chi connectivity index (χ0) is 13.2. The molecule has 2 aromatic carbocycles. The molecule has 0 spiro atoms. The van der Waals surface area contributed by atoms with Crippen LogP contribution < -0.4 is 4.74 Å². The van der Waals surface area contributed by atoms with E-state index in [9.17, 15) is 0 Å². The predicted octanol–water partition coefficient (Wildman–Crippen LogP) is 4.82. The summed E-state index contributed by atoms with van der Waals surface area (Å²) in [5.74, 6) is 0.909. The highest BCUT2D eigenvalue weighted by molar-refractivity contribution is 9.10. The standard InChI is InChI=1S/C16H14BrNO/c1-11-9-13-15(8-7-14(17)16(13)18-11)19-10-12-5-3-2-4-6-12/h2-9,18H,10H2,1H3. The summed E-state index contributed by atoms with van der Waals surface area (Å²) >= 11 is 3.55. The Hall–Kier alpha value is -1.74. The molecule has 3 aromatic rings. The zero-order valence-corrected chi connectivity index (χ0v) is 12.2. The Morgan fingerprint density at radius 2 is 1.89 bits per heavy atom. The molecule has 0 aliphatic carbocycles. The number of hydrogen-bond donors (Lipinski definition) is 1. The van der Waals surface area contributed by atoms with Crippen LogP contribution in [0.1, 0.15) is 11.3 Å². The number of nitrogens with one attached hydrogen (secondary N) is 1. The maximum absolute atomic E-state index is 5.93. The fraction of sp³-hybridized carbons (Fsp3) is 0.125. The molecule has 0 amide bonds. The lowest BCUT2D eigenvalue weighted by molar-refractivity contribution is 0.310. The zero-order valence-electron chi connectivity index (χ0n) is 10.6. The Morgan fingerprint density at radius 1 is 1.11 bits per heavy atom. The first kappa shape index (κ1) is 12.3. The fourth-order valence-corrected chi connectivity index (χ4v) is 2.60. The lowest BCUT2D eigenvalue weighted by Crippen LogP contribution is -1.95. The van der Waals surface area contributed by atoms with Crippen LogP contribution >= 0.6 is 15.9 Å². The predicted molar refractivity (Wildman–Crippen MR) is 81.5 cm³/mol. The van der Waals surface area contributed by atoms with Gasteiger partial charge in [0.1, 0.15) is 12.4 Å². The third-order valence-corrected chi connectivity index (χ3v) is 3.74. The molecule has 19 heavy (non-hydrogen) atoms. The molecule has 0 bridgehead atoms. The van der Waals surface area contributed by atoms with E-state index in [-0.39, 0.29) is 0 Å². The second kappa shape index (κ2) is 5.10. The van der Waals surface area contributed by atoms with Crippen molar-refractivity contribution in [2.75, 3.05) is 0 Å². The molecule has 0 radical (unpaired) electrons. The van der Waals surface area contributed by atoms with E-state index < -0.39 is 0 Å². The van der Waals surface area contributed by atoms with Gasteiger partial charge in [0.25, 0.3) is 0 Å². The number of ether oxygens (including phenoxy) is 1. The second-order valence-electron chi connectivity index (χ2n) is 4.56. The highest BCUT2D eigenvalue weighted by Crippen LogP contribution is 2.32. The number of aryl methyl sites for hydroxylation is 1. The van der Waals surface area contributed by atoms with Crippen LogP contribution in [0.3, 0.4) is 0 Å². The van der Waals surface area contributed by atoms with Crippen molar-refractivity contribution in [2.24, 2.45) is 0 Å². The first-order valence-electron chi connectivity index (χ1n) is 6.18. The molecule has 2 nitrogen and oxygen atoms in total. The number of fused-ring (bicyclic) bond motifs is 1. The van der Waals surface area contributed by atoms with Crippen LogP contribution in [0.15, 0.2) is 53.0 Å². The molecule has 3 heteroatoms. The summed E-state index contributed by atoms with van der Waals surface area (Å²) in [4.78, 5) is 3.34. The fourth-order valence-electron chi connectivity index (χ4n) is 2.16. The number of hydrogen-bond acceptors (Lipinski definition) is 1. The van der Waals surface area contributed by atoms with Gasteiger partial charge in [-0.2, -0.15) is 0 Å². The molecule has 0 aliphatic rings. The van der Waals surface area contributed by atoms with Crippen molar-refractivity contribution in [3.63, 3.8) is 0 Å². The highest BCUT2D eigenvalue weighted by atomic mass is 79.9. The quantitative estimate of drug-likeness (QED) is 0.736.